The number of rotatable bonds is 8. The number of sulfonamides is 1. The summed E-state index contributed by atoms with van der Waals surface area (Å²) in [6.45, 7) is 12.8. The molecule has 0 bridgehead atoms. The van der Waals surface area contributed by atoms with Gasteiger partial charge in [0.1, 0.15) is 0 Å². The van der Waals surface area contributed by atoms with E-state index in [0.29, 0.717) is 32.7 Å². The number of carbonyl (C=O) groups excluding carboxylic acids is 2. The Balaban J connectivity index is 1.77. The summed E-state index contributed by atoms with van der Waals surface area (Å²) < 4.78 is 27.5. The summed E-state index contributed by atoms with van der Waals surface area (Å²) in [5.41, 5.74) is 1.01. The second kappa shape index (κ2) is 10.6. The third kappa shape index (κ3) is 7.90. The second-order valence-corrected chi connectivity index (χ2v) is 11.1. The van der Waals surface area contributed by atoms with Crippen molar-refractivity contribution in [2.75, 3.05) is 39.3 Å². The molecule has 0 unspecified atom stereocenters. The molecule has 1 heterocycles. The standard InChI is InChI=1S/C22H36N4O4S/c1-17(2)24-20(27)16-25-12-14-26(15-13-25)21(28)10-11-23-31(29,30)19-8-6-18(7-9-19)22(3,4)5/h6-9,17,23H,10-16H2,1-5H3,(H,24,27). The first-order valence-electron chi connectivity index (χ1n) is 10.8. The minimum absolute atomic E-state index is 0.0142. The second-order valence-electron chi connectivity index (χ2n) is 9.30. The Kier molecular flexibility index (Phi) is 8.62. The zero-order valence-corrected chi connectivity index (χ0v) is 20.1. The smallest absolute Gasteiger partial charge is 0.240 e. The van der Waals surface area contributed by atoms with E-state index in [0.717, 1.165) is 5.56 Å². The van der Waals surface area contributed by atoms with Crippen LogP contribution < -0.4 is 10.0 Å². The average Bonchev–Trinajstić information content (AvgIpc) is 2.67. The Labute approximate surface area is 186 Å². The van der Waals surface area contributed by atoms with E-state index < -0.39 is 10.0 Å². The molecule has 1 fully saturated rings. The van der Waals surface area contributed by atoms with Crippen LogP contribution in [0, 0.1) is 0 Å². The quantitative estimate of drug-likeness (QED) is 0.620. The van der Waals surface area contributed by atoms with Gasteiger partial charge in [-0.15, -0.1) is 0 Å². The van der Waals surface area contributed by atoms with Crippen LogP contribution in [0.4, 0.5) is 0 Å². The Bertz CT molecular complexity index is 852. The molecule has 2 rings (SSSR count). The molecule has 9 heteroatoms. The molecule has 8 nitrogen and oxygen atoms in total. The summed E-state index contributed by atoms with van der Waals surface area (Å²) in [4.78, 5) is 28.2. The number of hydrogen-bond acceptors (Lipinski definition) is 5. The summed E-state index contributed by atoms with van der Waals surface area (Å²) in [5.74, 6) is -0.100. The lowest BCUT2D eigenvalue weighted by Gasteiger charge is -2.34. The van der Waals surface area contributed by atoms with Crippen molar-refractivity contribution in [2.24, 2.45) is 0 Å². The maximum absolute atomic E-state index is 12.5. The van der Waals surface area contributed by atoms with Crippen LogP contribution in [0.3, 0.4) is 0 Å². The molecule has 0 radical (unpaired) electrons. The van der Waals surface area contributed by atoms with Crippen molar-refractivity contribution in [2.45, 2.75) is 57.4 Å². The third-order valence-corrected chi connectivity index (χ3v) is 6.68. The van der Waals surface area contributed by atoms with Crippen LogP contribution in [-0.2, 0) is 25.0 Å². The number of nitrogens with zero attached hydrogens (tertiary/aromatic N) is 2. The highest BCUT2D eigenvalue weighted by Gasteiger charge is 2.23. The first-order valence-corrected chi connectivity index (χ1v) is 12.3. The largest absolute Gasteiger partial charge is 0.353 e. The minimum atomic E-state index is -3.65. The molecule has 0 spiro atoms. The van der Waals surface area contributed by atoms with Crippen LogP contribution in [-0.4, -0.2) is 75.3 Å². The molecule has 1 aliphatic heterocycles. The summed E-state index contributed by atoms with van der Waals surface area (Å²) in [5, 5.41) is 2.86. The number of piperazine rings is 1. The number of amides is 2. The molecule has 2 N–H and O–H groups in total. The molecule has 0 atom stereocenters. The number of hydrogen-bond donors (Lipinski definition) is 2. The average molecular weight is 453 g/mol. The van der Waals surface area contributed by atoms with Crippen LogP contribution in [0.15, 0.2) is 29.2 Å². The van der Waals surface area contributed by atoms with Crippen LogP contribution in [0.25, 0.3) is 0 Å². The van der Waals surface area contributed by atoms with Gasteiger partial charge < -0.3 is 10.2 Å². The van der Waals surface area contributed by atoms with Crippen molar-refractivity contribution in [1.82, 2.24) is 19.8 Å². The van der Waals surface area contributed by atoms with Crippen molar-refractivity contribution in [3.63, 3.8) is 0 Å². The molecule has 0 saturated carbocycles. The van der Waals surface area contributed by atoms with Gasteiger partial charge in [0.05, 0.1) is 11.4 Å². The van der Waals surface area contributed by atoms with Gasteiger partial charge in [-0.3, -0.25) is 14.5 Å². The fourth-order valence-electron chi connectivity index (χ4n) is 3.39. The molecule has 174 valence electrons. The summed E-state index contributed by atoms with van der Waals surface area (Å²) in [7, 11) is -3.65. The molecular formula is C22H36N4O4S. The fraction of sp³-hybridized carbons (Fsp3) is 0.636. The lowest BCUT2D eigenvalue weighted by Crippen LogP contribution is -2.51. The molecule has 1 aliphatic rings. The minimum Gasteiger partial charge on any atom is -0.353 e. The van der Waals surface area contributed by atoms with Crippen molar-refractivity contribution < 1.29 is 18.0 Å². The van der Waals surface area contributed by atoms with Gasteiger partial charge in [-0.05, 0) is 37.0 Å². The van der Waals surface area contributed by atoms with Crippen molar-refractivity contribution in [3.8, 4) is 0 Å². The first-order chi connectivity index (χ1) is 14.4. The molecule has 2 amide bonds. The van der Waals surface area contributed by atoms with Gasteiger partial charge in [-0.25, -0.2) is 13.1 Å². The highest BCUT2D eigenvalue weighted by molar-refractivity contribution is 7.89. The van der Waals surface area contributed by atoms with E-state index in [1.807, 2.05) is 30.9 Å². The number of carbonyl (C=O) groups is 2. The van der Waals surface area contributed by atoms with Gasteiger partial charge in [-0.1, -0.05) is 32.9 Å². The highest BCUT2D eigenvalue weighted by atomic mass is 32.2. The van der Waals surface area contributed by atoms with Crippen LogP contribution in [0.2, 0.25) is 0 Å². The van der Waals surface area contributed by atoms with Gasteiger partial charge in [0.15, 0.2) is 0 Å². The topological polar surface area (TPSA) is 98.8 Å². The van der Waals surface area contributed by atoms with E-state index in [9.17, 15) is 18.0 Å². The van der Waals surface area contributed by atoms with Crippen molar-refractivity contribution in [3.05, 3.63) is 29.8 Å². The molecule has 0 aliphatic carbocycles. The van der Waals surface area contributed by atoms with E-state index in [1.54, 1.807) is 17.0 Å². The third-order valence-electron chi connectivity index (χ3n) is 5.20. The maximum Gasteiger partial charge on any atom is 0.240 e. The van der Waals surface area contributed by atoms with Gasteiger partial charge in [0, 0.05) is 45.2 Å². The van der Waals surface area contributed by atoms with Gasteiger partial charge >= 0.3 is 0 Å². The zero-order valence-electron chi connectivity index (χ0n) is 19.3. The maximum atomic E-state index is 12.5. The van der Waals surface area contributed by atoms with E-state index in [1.165, 1.54) is 0 Å². The molecule has 31 heavy (non-hydrogen) atoms. The summed E-state index contributed by atoms with van der Waals surface area (Å²) in [6, 6.07) is 6.94. The summed E-state index contributed by atoms with van der Waals surface area (Å²) >= 11 is 0. The molecular weight excluding hydrogens is 416 g/mol. The monoisotopic (exact) mass is 452 g/mol. The van der Waals surface area contributed by atoms with Crippen molar-refractivity contribution in [1.29, 1.82) is 0 Å². The predicted molar refractivity (Wildman–Crippen MR) is 121 cm³/mol. The van der Waals surface area contributed by atoms with Crippen LogP contribution in [0.1, 0.15) is 46.6 Å². The van der Waals surface area contributed by atoms with E-state index in [2.05, 4.69) is 30.8 Å². The normalized spacial score (nSPS) is 15.9. The molecule has 1 aromatic rings. The lowest BCUT2D eigenvalue weighted by molar-refractivity contribution is -0.133. The predicted octanol–water partition coefficient (Wildman–Crippen LogP) is 1.32. The van der Waals surface area contributed by atoms with Gasteiger partial charge in [-0.2, -0.15) is 0 Å². The fourth-order valence-corrected chi connectivity index (χ4v) is 4.43. The van der Waals surface area contributed by atoms with Crippen LogP contribution in [0.5, 0.6) is 0 Å². The Morgan fingerprint density at radius 2 is 1.61 bits per heavy atom. The Morgan fingerprint density at radius 3 is 2.13 bits per heavy atom. The van der Waals surface area contributed by atoms with Crippen molar-refractivity contribution >= 4 is 21.8 Å². The Hall–Kier alpha value is -1.97. The molecule has 0 aromatic heterocycles. The lowest BCUT2D eigenvalue weighted by atomic mass is 9.87. The van der Waals surface area contributed by atoms with Gasteiger partial charge in [0.2, 0.25) is 21.8 Å². The highest BCUT2D eigenvalue weighted by Crippen LogP contribution is 2.23. The van der Waals surface area contributed by atoms with Crippen LogP contribution >= 0.6 is 0 Å². The zero-order chi connectivity index (χ0) is 23.2. The summed E-state index contributed by atoms with van der Waals surface area (Å²) in [6.07, 6.45) is 0.104. The van der Waals surface area contributed by atoms with Gasteiger partial charge in [0.25, 0.3) is 0 Å². The Morgan fingerprint density at radius 1 is 1.03 bits per heavy atom. The molecule has 1 saturated heterocycles. The van der Waals surface area contributed by atoms with E-state index >= 15 is 0 Å². The number of nitrogens with one attached hydrogen (secondary N) is 2. The van der Waals surface area contributed by atoms with E-state index in [4.69, 9.17) is 0 Å². The van der Waals surface area contributed by atoms with E-state index in [-0.39, 0.29) is 41.1 Å². The SMILES string of the molecule is CC(C)NC(=O)CN1CCN(C(=O)CCNS(=O)(=O)c2ccc(C(C)(C)C)cc2)CC1. The molecule has 1 aromatic carbocycles. The first kappa shape index (κ1) is 25.3. The number of benzene rings is 1.